The quantitative estimate of drug-likeness (QED) is 0.158. The van der Waals surface area contributed by atoms with E-state index in [0.717, 1.165) is 0 Å². The van der Waals surface area contributed by atoms with Gasteiger partial charge in [-0.25, -0.2) is 0 Å². The van der Waals surface area contributed by atoms with E-state index < -0.39 is 84.6 Å². The molecule has 0 unspecified atom stereocenters. The normalized spacial score (nSPS) is 17.4. The van der Waals surface area contributed by atoms with E-state index in [1.807, 2.05) is 0 Å². The lowest BCUT2D eigenvalue weighted by atomic mass is 9.88. The lowest BCUT2D eigenvalue weighted by Gasteiger charge is -2.15. The van der Waals surface area contributed by atoms with Gasteiger partial charge in [-0.2, -0.15) is 0 Å². The number of benzene rings is 8. The first kappa shape index (κ1) is 12.0. The van der Waals surface area contributed by atoms with Crippen LogP contribution in [0.3, 0.4) is 0 Å². The second-order valence-electron chi connectivity index (χ2n) is 9.69. The summed E-state index contributed by atoms with van der Waals surface area (Å²) in [6, 6.07) is 5.09. The third kappa shape index (κ3) is 3.36. The number of fused-ring (bicyclic) bond motifs is 8. The Labute approximate surface area is 259 Å². The highest BCUT2D eigenvalue weighted by atomic mass is 16.3. The SMILES string of the molecule is [2H]c1c([2H])c([2H])c(-c2ccc3cc4oc5cccc(-c6c7c([2H])c([2H])c([2H])c([2H])c7c([2H])c7c6c([2H])c([2H])c6c([2H])c([2H])c([2H])c([2H])c67)c5c4cc3c2)c([2H])c1[2H]. The molecule has 1 heteroatoms. The highest BCUT2D eigenvalue weighted by molar-refractivity contribution is 6.25. The number of hydrogen-bond acceptors (Lipinski definition) is 1. The standard InChI is InChI=1S/C40H24O/c1-2-9-25(10-3-1)27-17-18-28-24-38-36(23-30(28)21-27)40-34(15-8-16-37(40)41-38)39-32-14-7-5-12-29(32)22-35-31-13-6-4-11-26(31)19-20-33(35)39/h1-24H/i1D,2D,3D,4D,5D,6D,7D,9D,10D,11D,12D,13D,14D,19D,20D,22D. The van der Waals surface area contributed by atoms with E-state index in [-0.39, 0.29) is 55.5 Å². The Morgan fingerprint density at radius 1 is 0.463 bits per heavy atom. The van der Waals surface area contributed by atoms with Gasteiger partial charge in [0.2, 0.25) is 0 Å². The van der Waals surface area contributed by atoms with Crippen molar-refractivity contribution < 1.29 is 26.3 Å². The van der Waals surface area contributed by atoms with Gasteiger partial charge in [0.25, 0.3) is 0 Å². The molecule has 0 spiro atoms. The molecule has 0 N–H and O–H groups in total. The zero-order chi connectivity index (χ0) is 40.8. The summed E-state index contributed by atoms with van der Waals surface area (Å²) in [6.45, 7) is 0. The van der Waals surface area contributed by atoms with Gasteiger partial charge in [-0.15, -0.1) is 0 Å². The van der Waals surface area contributed by atoms with Gasteiger partial charge in [0.1, 0.15) is 11.2 Å². The summed E-state index contributed by atoms with van der Waals surface area (Å²) in [4.78, 5) is 0. The molecule has 1 heterocycles. The van der Waals surface area contributed by atoms with Crippen LogP contribution in [0, 0.1) is 0 Å². The van der Waals surface area contributed by atoms with Gasteiger partial charge in [-0.05, 0) is 95.7 Å². The van der Waals surface area contributed by atoms with Crippen LogP contribution in [0.2, 0.25) is 0 Å². The fourth-order valence-electron chi connectivity index (χ4n) is 5.66. The van der Waals surface area contributed by atoms with Crippen molar-refractivity contribution >= 4 is 65.0 Å². The predicted octanol–water partition coefficient (Wildman–Crippen LogP) is 11.5. The van der Waals surface area contributed by atoms with Crippen molar-refractivity contribution in [1.29, 1.82) is 0 Å². The largest absolute Gasteiger partial charge is 0.456 e. The monoisotopic (exact) mass is 536 g/mol. The summed E-state index contributed by atoms with van der Waals surface area (Å²) in [7, 11) is 0. The van der Waals surface area contributed by atoms with Crippen LogP contribution < -0.4 is 0 Å². The molecule has 0 bridgehead atoms. The maximum atomic E-state index is 9.43. The molecule has 0 aliphatic carbocycles. The van der Waals surface area contributed by atoms with Crippen LogP contribution in [0.15, 0.2) is 150 Å². The second-order valence-corrected chi connectivity index (χ2v) is 9.69. The molecular weight excluding hydrogens is 496 g/mol. The fourth-order valence-corrected chi connectivity index (χ4v) is 5.66. The van der Waals surface area contributed by atoms with Crippen molar-refractivity contribution in [2.75, 3.05) is 0 Å². The van der Waals surface area contributed by atoms with E-state index in [1.165, 1.54) is 0 Å². The van der Waals surface area contributed by atoms with Crippen LogP contribution in [0.25, 0.3) is 87.3 Å². The van der Waals surface area contributed by atoms with E-state index in [9.17, 15) is 2.74 Å². The maximum absolute atomic E-state index is 9.43. The summed E-state index contributed by atoms with van der Waals surface area (Å²) in [5, 5.41) is 1.02. The summed E-state index contributed by atoms with van der Waals surface area (Å²) in [5.41, 5.74) is 1.45. The van der Waals surface area contributed by atoms with Crippen LogP contribution >= 0.6 is 0 Å². The molecule has 0 atom stereocenters. The zero-order valence-corrected chi connectivity index (χ0v) is 21.0. The van der Waals surface area contributed by atoms with Crippen molar-refractivity contribution in [2.45, 2.75) is 0 Å². The van der Waals surface area contributed by atoms with E-state index in [2.05, 4.69) is 0 Å². The average molecular weight is 537 g/mol. The van der Waals surface area contributed by atoms with Crippen molar-refractivity contribution in [3.05, 3.63) is 145 Å². The minimum atomic E-state index is -0.639. The molecule has 8 aromatic carbocycles. The molecule has 0 fully saturated rings. The topological polar surface area (TPSA) is 13.1 Å². The number of furan rings is 1. The molecule has 0 aliphatic rings. The van der Waals surface area contributed by atoms with Crippen molar-refractivity contribution in [2.24, 2.45) is 0 Å². The Hall–Kier alpha value is -5.40. The Morgan fingerprint density at radius 3 is 2.17 bits per heavy atom. The fraction of sp³-hybridized carbons (Fsp3) is 0. The van der Waals surface area contributed by atoms with E-state index >= 15 is 0 Å². The van der Waals surface area contributed by atoms with E-state index in [4.69, 9.17) is 23.6 Å². The molecule has 0 saturated carbocycles. The van der Waals surface area contributed by atoms with Gasteiger partial charge in [0.15, 0.2) is 0 Å². The van der Waals surface area contributed by atoms with Crippen molar-refractivity contribution in [3.63, 3.8) is 0 Å². The van der Waals surface area contributed by atoms with Crippen LogP contribution in [0.1, 0.15) is 21.9 Å². The molecule has 0 amide bonds. The minimum absolute atomic E-state index is 0.0164. The Morgan fingerprint density at radius 2 is 1.27 bits per heavy atom. The molecule has 0 aliphatic heterocycles. The van der Waals surface area contributed by atoms with Gasteiger partial charge in [-0.1, -0.05) is 115 Å². The molecule has 0 saturated heterocycles. The summed E-state index contributed by atoms with van der Waals surface area (Å²) >= 11 is 0. The smallest absolute Gasteiger partial charge is 0.136 e. The van der Waals surface area contributed by atoms with Crippen molar-refractivity contribution in [3.8, 4) is 22.3 Å². The number of hydrogen-bond donors (Lipinski definition) is 0. The molecule has 41 heavy (non-hydrogen) atoms. The summed E-state index contributed by atoms with van der Waals surface area (Å²) in [6.07, 6.45) is 0. The van der Waals surface area contributed by atoms with Crippen LogP contribution in [-0.2, 0) is 0 Å². The van der Waals surface area contributed by atoms with Gasteiger partial charge in [-0.3, -0.25) is 0 Å². The van der Waals surface area contributed by atoms with E-state index in [0.29, 0.717) is 43.8 Å². The predicted molar refractivity (Wildman–Crippen MR) is 175 cm³/mol. The van der Waals surface area contributed by atoms with Crippen LogP contribution in [0.4, 0.5) is 0 Å². The second kappa shape index (κ2) is 8.55. The number of rotatable bonds is 2. The Kier molecular flexibility index (Phi) is 2.50. The molecule has 0 radical (unpaired) electrons. The molecule has 190 valence electrons. The van der Waals surface area contributed by atoms with Crippen LogP contribution in [0.5, 0.6) is 0 Å². The third-order valence-electron chi connectivity index (χ3n) is 7.45. The highest BCUT2D eigenvalue weighted by Crippen LogP contribution is 2.45. The first-order valence-electron chi connectivity index (χ1n) is 20.8. The molecule has 9 aromatic rings. The molecular formula is C40H24O. The maximum Gasteiger partial charge on any atom is 0.136 e. The minimum Gasteiger partial charge on any atom is -0.456 e. The van der Waals surface area contributed by atoms with Crippen molar-refractivity contribution in [1.82, 2.24) is 0 Å². The summed E-state index contributed by atoms with van der Waals surface area (Å²) in [5.74, 6) is 0. The lowest BCUT2D eigenvalue weighted by molar-refractivity contribution is 0.669. The lowest BCUT2D eigenvalue weighted by Crippen LogP contribution is -1.88. The highest BCUT2D eigenvalue weighted by Gasteiger charge is 2.18. The Bertz CT molecular complexity index is 3340. The van der Waals surface area contributed by atoms with Gasteiger partial charge >= 0.3 is 0 Å². The van der Waals surface area contributed by atoms with E-state index in [1.54, 1.807) is 48.5 Å². The van der Waals surface area contributed by atoms with Gasteiger partial charge in [0.05, 0.1) is 21.9 Å². The average Bonchev–Trinajstić information content (AvgIpc) is 3.56. The van der Waals surface area contributed by atoms with Gasteiger partial charge < -0.3 is 4.42 Å². The molecule has 1 nitrogen and oxygen atoms in total. The Balaban J connectivity index is 1.49. The third-order valence-corrected chi connectivity index (χ3v) is 7.45. The van der Waals surface area contributed by atoms with Crippen LogP contribution in [-0.4, -0.2) is 0 Å². The molecule has 1 aromatic heterocycles. The first-order valence-corrected chi connectivity index (χ1v) is 12.8. The molecule has 9 rings (SSSR count). The first-order chi connectivity index (χ1) is 27.0. The zero-order valence-electron chi connectivity index (χ0n) is 37.0. The summed E-state index contributed by atoms with van der Waals surface area (Å²) < 4.78 is 145. The van der Waals surface area contributed by atoms with Gasteiger partial charge in [0, 0.05) is 10.8 Å².